The van der Waals surface area contributed by atoms with Gasteiger partial charge < -0.3 is 10.1 Å². The van der Waals surface area contributed by atoms with E-state index in [2.05, 4.69) is 10.4 Å². The van der Waals surface area contributed by atoms with Crippen molar-refractivity contribution in [1.82, 2.24) is 15.1 Å². The van der Waals surface area contributed by atoms with Crippen LogP contribution < -0.4 is 5.32 Å². The van der Waals surface area contributed by atoms with E-state index >= 15 is 0 Å². The molecule has 5 heteroatoms. The molecule has 1 aromatic carbocycles. The standard InChI is InChI=1S/C17H23N3O2/c1-3-22-11-7-10-18-17(21)14(2)20-13-16(12-19-20)15-8-5-4-6-9-15/h4-6,8-9,12-14H,3,7,10-11H2,1-2H3,(H,18,21). The second-order valence-corrected chi connectivity index (χ2v) is 5.09. The maximum Gasteiger partial charge on any atom is 0.244 e. The maximum atomic E-state index is 12.1. The third-order valence-electron chi connectivity index (χ3n) is 3.45. The summed E-state index contributed by atoms with van der Waals surface area (Å²) in [7, 11) is 0. The predicted molar refractivity (Wildman–Crippen MR) is 86.5 cm³/mol. The third-order valence-corrected chi connectivity index (χ3v) is 3.45. The van der Waals surface area contributed by atoms with Crippen LogP contribution in [0.25, 0.3) is 11.1 Å². The average molecular weight is 301 g/mol. The second-order valence-electron chi connectivity index (χ2n) is 5.09. The minimum absolute atomic E-state index is 0.0285. The number of aromatic nitrogens is 2. The molecule has 0 saturated heterocycles. The van der Waals surface area contributed by atoms with Crippen LogP contribution in [0.3, 0.4) is 0 Å². The number of ether oxygens (including phenoxy) is 1. The van der Waals surface area contributed by atoms with Crippen LogP contribution >= 0.6 is 0 Å². The third kappa shape index (κ3) is 4.43. The van der Waals surface area contributed by atoms with Gasteiger partial charge in [-0.15, -0.1) is 0 Å². The Morgan fingerprint density at radius 2 is 2.09 bits per heavy atom. The summed E-state index contributed by atoms with van der Waals surface area (Å²) in [4.78, 5) is 12.1. The summed E-state index contributed by atoms with van der Waals surface area (Å²) in [5, 5.41) is 7.21. The summed E-state index contributed by atoms with van der Waals surface area (Å²) in [6, 6.07) is 9.68. The molecule has 1 atom stereocenters. The van der Waals surface area contributed by atoms with Crippen LogP contribution in [-0.4, -0.2) is 35.4 Å². The Labute approximate surface area is 131 Å². The molecule has 22 heavy (non-hydrogen) atoms. The second kappa shape index (κ2) is 8.34. The van der Waals surface area contributed by atoms with Gasteiger partial charge in [0.05, 0.1) is 6.20 Å². The van der Waals surface area contributed by atoms with E-state index in [1.165, 1.54) is 0 Å². The minimum Gasteiger partial charge on any atom is -0.382 e. The fraction of sp³-hybridized carbons (Fsp3) is 0.412. The molecule has 1 aromatic heterocycles. The van der Waals surface area contributed by atoms with E-state index in [4.69, 9.17) is 4.74 Å². The number of carbonyl (C=O) groups excluding carboxylic acids is 1. The fourth-order valence-electron chi connectivity index (χ4n) is 2.13. The van der Waals surface area contributed by atoms with E-state index < -0.39 is 0 Å². The Balaban J connectivity index is 1.88. The van der Waals surface area contributed by atoms with Crippen LogP contribution in [0.5, 0.6) is 0 Å². The first-order valence-corrected chi connectivity index (χ1v) is 7.67. The minimum atomic E-state index is -0.329. The molecule has 0 radical (unpaired) electrons. The molecule has 1 heterocycles. The fourth-order valence-corrected chi connectivity index (χ4v) is 2.13. The largest absolute Gasteiger partial charge is 0.382 e. The Morgan fingerprint density at radius 3 is 2.82 bits per heavy atom. The summed E-state index contributed by atoms with van der Waals surface area (Å²) in [6.07, 6.45) is 4.51. The van der Waals surface area contributed by atoms with Crippen molar-refractivity contribution in [3.8, 4) is 11.1 Å². The summed E-state index contributed by atoms with van der Waals surface area (Å²) in [5.41, 5.74) is 2.11. The van der Waals surface area contributed by atoms with Gasteiger partial charge in [0, 0.05) is 31.5 Å². The van der Waals surface area contributed by atoms with Crippen LogP contribution in [0.15, 0.2) is 42.7 Å². The van der Waals surface area contributed by atoms with Crippen molar-refractivity contribution < 1.29 is 9.53 Å². The molecule has 2 rings (SSSR count). The van der Waals surface area contributed by atoms with Crippen molar-refractivity contribution in [1.29, 1.82) is 0 Å². The normalized spacial score (nSPS) is 12.1. The van der Waals surface area contributed by atoms with E-state index in [1.54, 1.807) is 10.9 Å². The molecule has 1 unspecified atom stereocenters. The van der Waals surface area contributed by atoms with Crippen molar-refractivity contribution in [2.45, 2.75) is 26.3 Å². The lowest BCUT2D eigenvalue weighted by atomic mass is 10.1. The number of nitrogens with one attached hydrogen (secondary N) is 1. The Morgan fingerprint density at radius 1 is 1.32 bits per heavy atom. The first-order chi connectivity index (χ1) is 10.7. The van der Waals surface area contributed by atoms with E-state index in [-0.39, 0.29) is 11.9 Å². The van der Waals surface area contributed by atoms with E-state index in [9.17, 15) is 4.79 Å². The predicted octanol–water partition coefficient (Wildman–Crippen LogP) is 2.65. The lowest BCUT2D eigenvalue weighted by Gasteiger charge is -2.12. The molecule has 0 bridgehead atoms. The number of rotatable bonds is 8. The van der Waals surface area contributed by atoms with Crippen molar-refractivity contribution in [3.63, 3.8) is 0 Å². The first-order valence-electron chi connectivity index (χ1n) is 7.67. The van der Waals surface area contributed by atoms with Crippen molar-refractivity contribution in [2.24, 2.45) is 0 Å². The number of benzene rings is 1. The van der Waals surface area contributed by atoms with Crippen LogP contribution in [-0.2, 0) is 9.53 Å². The van der Waals surface area contributed by atoms with Gasteiger partial charge in [-0.2, -0.15) is 5.10 Å². The lowest BCUT2D eigenvalue weighted by Crippen LogP contribution is -2.32. The van der Waals surface area contributed by atoms with Gasteiger partial charge in [-0.25, -0.2) is 0 Å². The van der Waals surface area contributed by atoms with Gasteiger partial charge >= 0.3 is 0 Å². The number of amides is 1. The van der Waals surface area contributed by atoms with Crippen LogP contribution in [0, 0.1) is 0 Å². The number of hydrogen-bond acceptors (Lipinski definition) is 3. The average Bonchev–Trinajstić information content (AvgIpc) is 3.04. The van der Waals surface area contributed by atoms with E-state index in [0.29, 0.717) is 19.8 Å². The molecular weight excluding hydrogens is 278 g/mol. The molecule has 0 fully saturated rings. The molecule has 0 aliphatic rings. The molecule has 0 aliphatic heterocycles. The Bertz CT molecular complexity index is 581. The van der Waals surface area contributed by atoms with E-state index in [1.807, 2.05) is 50.4 Å². The number of carbonyl (C=O) groups is 1. The van der Waals surface area contributed by atoms with Gasteiger partial charge in [-0.1, -0.05) is 30.3 Å². The Hall–Kier alpha value is -2.14. The lowest BCUT2D eigenvalue weighted by molar-refractivity contribution is -0.124. The summed E-state index contributed by atoms with van der Waals surface area (Å²) in [5.74, 6) is -0.0285. The molecular formula is C17H23N3O2. The highest BCUT2D eigenvalue weighted by atomic mass is 16.5. The highest BCUT2D eigenvalue weighted by Gasteiger charge is 2.15. The molecule has 1 N–H and O–H groups in total. The Kier molecular flexibility index (Phi) is 6.15. The maximum absolute atomic E-state index is 12.1. The molecule has 0 aliphatic carbocycles. The van der Waals surface area contributed by atoms with Crippen LogP contribution in [0.1, 0.15) is 26.3 Å². The number of hydrogen-bond donors (Lipinski definition) is 1. The zero-order valence-corrected chi connectivity index (χ0v) is 13.2. The summed E-state index contributed by atoms with van der Waals surface area (Å²) < 4.78 is 6.94. The topological polar surface area (TPSA) is 56.1 Å². The highest BCUT2D eigenvalue weighted by molar-refractivity contribution is 5.79. The van der Waals surface area contributed by atoms with Gasteiger partial charge in [-0.3, -0.25) is 9.48 Å². The van der Waals surface area contributed by atoms with Gasteiger partial charge in [0.2, 0.25) is 5.91 Å². The van der Waals surface area contributed by atoms with Crippen LogP contribution in [0.2, 0.25) is 0 Å². The van der Waals surface area contributed by atoms with Gasteiger partial charge in [-0.05, 0) is 25.8 Å². The van der Waals surface area contributed by atoms with Gasteiger partial charge in [0.25, 0.3) is 0 Å². The van der Waals surface area contributed by atoms with Crippen molar-refractivity contribution >= 4 is 5.91 Å². The zero-order valence-electron chi connectivity index (χ0n) is 13.2. The molecule has 1 amide bonds. The van der Waals surface area contributed by atoms with Crippen LogP contribution in [0.4, 0.5) is 0 Å². The van der Waals surface area contributed by atoms with Crippen molar-refractivity contribution in [3.05, 3.63) is 42.7 Å². The molecule has 118 valence electrons. The number of nitrogens with zero attached hydrogens (tertiary/aromatic N) is 2. The van der Waals surface area contributed by atoms with E-state index in [0.717, 1.165) is 17.5 Å². The molecule has 0 saturated carbocycles. The molecule has 5 nitrogen and oxygen atoms in total. The SMILES string of the molecule is CCOCCCNC(=O)C(C)n1cc(-c2ccccc2)cn1. The first kappa shape index (κ1) is 16.2. The quantitative estimate of drug-likeness (QED) is 0.763. The smallest absolute Gasteiger partial charge is 0.244 e. The zero-order chi connectivity index (χ0) is 15.8. The van der Waals surface area contributed by atoms with Gasteiger partial charge in [0.1, 0.15) is 6.04 Å². The van der Waals surface area contributed by atoms with Gasteiger partial charge in [0.15, 0.2) is 0 Å². The summed E-state index contributed by atoms with van der Waals surface area (Å²) in [6.45, 7) is 5.81. The molecule has 2 aromatic rings. The highest BCUT2D eigenvalue weighted by Crippen LogP contribution is 2.19. The monoisotopic (exact) mass is 301 g/mol. The molecule has 0 spiro atoms. The summed E-state index contributed by atoms with van der Waals surface area (Å²) >= 11 is 0. The van der Waals surface area contributed by atoms with Crippen molar-refractivity contribution in [2.75, 3.05) is 19.8 Å².